The minimum Gasteiger partial charge on any atom is -0.356 e. The van der Waals surface area contributed by atoms with E-state index in [1.165, 1.54) is 19.3 Å². The fourth-order valence-electron chi connectivity index (χ4n) is 2.99. The van der Waals surface area contributed by atoms with Gasteiger partial charge in [-0.2, -0.15) is 0 Å². The molecule has 1 saturated heterocycles. The van der Waals surface area contributed by atoms with Crippen LogP contribution in [0.1, 0.15) is 46.7 Å². The fourth-order valence-corrected chi connectivity index (χ4v) is 3.80. The summed E-state index contributed by atoms with van der Waals surface area (Å²) in [6, 6.07) is 3.71. The number of amides is 1. The molecule has 2 aromatic rings. The van der Waals surface area contributed by atoms with Crippen LogP contribution in [0.15, 0.2) is 23.7 Å². The van der Waals surface area contributed by atoms with E-state index >= 15 is 0 Å². The van der Waals surface area contributed by atoms with Gasteiger partial charge in [0.25, 0.3) is 5.91 Å². The van der Waals surface area contributed by atoms with Crippen LogP contribution >= 0.6 is 11.3 Å². The maximum Gasteiger partial charge on any atom is 0.255 e. The van der Waals surface area contributed by atoms with Gasteiger partial charge in [0, 0.05) is 43.3 Å². The lowest BCUT2D eigenvalue weighted by atomic mass is 10.1. The van der Waals surface area contributed by atoms with Crippen molar-refractivity contribution in [3.63, 3.8) is 0 Å². The first-order valence-electron chi connectivity index (χ1n) is 8.63. The number of carbonyl (C=O) groups excluding carboxylic acids is 1. The summed E-state index contributed by atoms with van der Waals surface area (Å²) >= 11 is 1.69. The Morgan fingerprint density at radius 1 is 1.33 bits per heavy atom. The smallest absolute Gasteiger partial charge is 0.255 e. The van der Waals surface area contributed by atoms with E-state index in [2.05, 4.69) is 25.6 Å². The van der Waals surface area contributed by atoms with E-state index in [9.17, 15) is 4.79 Å². The molecule has 0 aliphatic carbocycles. The number of rotatable bonds is 6. The molecule has 0 atom stereocenters. The topological polar surface area (TPSA) is 58.1 Å². The minimum atomic E-state index is -0.0287. The standard InChI is InChI=1S/C18H24N4OS/c1-14-13-24-16(21-14)8-6-10-20-18(23)15-7-5-9-19-17(15)22-11-3-2-4-12-22/h5,7,9,13H,2-4,6,8,10-12H2,1H3,(H,20,23). The molecule has 0 spiro atoms. The van der Waals surface area contributed by atoms with E-state index in [4.69, 9.17) is 0 Å². The summed E-state index contributed by atoms with van der Waals surface area (Å²) in [7, 11) is 0. The zero-order valence-corrected chi connectivity index (χ0v) is 14.9. The average molecular weight is 344 g/mol. The molecule has 24 heavy (non-hydrogen) atoms. The molecule has 1 N–H and O–H groups in total. The first-order chi connectivity index (χ1) is 11.7. The van der Waals surface area contributed by atoms with Gasteiger partial charge >= 0.3 is 0 Å². The van der Waals surface area contributed by atoms with E-state index < -0.39 is 0 Å². The Balaban J connectivity index is 1.54. The van der Waals surface area contributed by atoms with Crippen molar-refractivity contribution in [1.82, 2.24) is 15.3 Å². The molecule has 6 heteroatoms. The van der Waals surface area contributed by atoms with Crippen molar-refractivity contribution in [3.8, 4) is 0 Å². The predicted octanol–water partition coefficient (Wildman–Crippen LogP) is 3.20. The lowest BCUT2D eigenvalue weighted by Crippen LogP contribution is -2.33. The number of hydrogen-bond donors (Lipinski definition) is 1. The SMILES string of the molecule is Cc1csc(CCCNC(=O)c2cccnc2N2CCCCC2)n1. The van der Waals surface area contributed by atoms with Crippen molar-refractivity contribution in [2.45, 2.75) is 39.0 Å². The van der Waals surface area contributed by atoms with Gasteiger partial charge in [-0.3, -0.25) is 4.79 Å². The summed E-state index contributed by atoms with van der Waals surface area (Å²) in [6.45, 7) is 4.64. The van der Waals surface area contributed by atoms with E-state index in [1.807, 2.05) is 19.1 Å². The van der Waals surface area contributed by atoms with Crippen LogP contribution in [0.4, 0.5) is 5.82 Å². The molecule has 128 valence electrons. The molecule has 1 fully saturated rings. The van der Waals surface area contributed by atoms with Gasteiger partial charge in [-0.25, -0.2) is 9.97 Å². The molecule has 0 unspecified atom stereocenters. The van der Waals surface area contributed by atoms with Crippen molar-refractivity contribution in [3.05, 3.63) is 40.0 Å². The summed E-state index contributed by atoms with van der Waals surface area (Å²) in [6.07, 6.45) is 7.19. The van der Waals surface area contributed by atoms with E-state index in [1.54, 1.807) is 17.5 Å². The number of aryl methyl sites for hydroxylation is 2. The van der Waals surface area contributed by atoms with Crippen molar-refractivity contribution in [2.24, 2.45) is 0 Å². The predicted molar refractivity (Wildman–Crippen MR) is 97.8 cm³/mol. The molecule has 1 aliphatic heterocycles. The maximum absolute atomic E-state index is 12.5. The number of carbonyl (C=O) groups is 1. The largest absolute Gasteiger partial charge is 0.356 e. The third kappa shape index (κ3) is 4.32. The molecule has 0 radical (unpaired) electrons. The van der Waals surface area contributed by atoms with Gasteiger partial charge in [-0.1, -0.05) is 0 Å². The highest BCUT2D eigenvalue weighted by Gasteiger charge is 2.19. The van der Waals surface area contributed by atoms with Crippen LogP contribution in [-0.2, 0) is 6.42 Å². The molecular weight excluding hydrogens is 320 g/mol. The number of pyridine rings is 1. The molecule has 3 rings (SSSR count). The highest BCUT2D eigenvalue weighted by Crippen LogP contribution is 2.21. The Kier molecular flexibility index (Phi) is 5.80. The van der Waals surface area contributed by atoms with Crippen molar-refractivity contribution >= 4 is 23.1 Å². The third-order valence-electron chi connectivity index (χ3n) is 4.21. The van der Waals surface area contributed by atoms with Crippen LogP contribution < -0.4 is 10.2 Å². The zero-order chi connectivity index (χ0) is 16.8. The highest BCUT2D eigenvalue weighted by molar-refractivity contribution is 7.09. The van der Waals surface area contributed by atoms with Crippen LogP contribution in [0, 0.1) is 6.92 Å². The number of anilines is 1. The van der Waals surface area contributed by atoms with Crippen LogP contribution in [0.25, 0.3) is 0 Å². The summed E-state index contributed by atoms with van der Waals surface area (Å²) in [5.74, 6) is 0.796. The van der Waals surface area contributed by atoms with Gasteiger partial charge in [-0.05, 0) is 44.7 Å². The van der Waals surface area contributed by atoms with Crippen LogP contribution in [0.2, 0.25) is 0 Å². The summed E-state index contributed by atoms with van der Waals surface area (Å²) in [4.78, 5) is 23.7. The molecular formula is C18H24N4OS. The fraction of sp³-hybridized carbons (Fsp3) is 0.500. The van der Waals surface area contributed by atoms with Crippen LogP contribution in [-0.4, -0.2) is 35.5 Å². The zero-order valence-electron chi connectivity index (χ0n) is 14.1. The summed E-state index contributed by atoms with van der Waals surface area (Å²) < 4.78 is 0. The molecule has 0 saturated carbocycles. The van der Waals surface area contributed by atoms with Gasteiger partial charge in [0.1, 0.15) is 5.82 Å². The van der Waals surface area contributed by atoms with E-state index in [0.29, 0.717) is 12.1 Å². The Morgan fingerprint density at radius 3 is 2.92 bits per heavy atom. The number of aromatic nitrogens is 2. The molecule has 0 bridgehead atoms. The maximum atomic E-state index is 12.5. The normalized spacial score (nSPS) is 14.6. The first kappa shape index (κ1) is 16.9. The first-order valence-corrected chi connectivity index (χ1v) is 9.51. The summed E-state index contributed by atoms with van der Waals surface area (Å²) in [5.41, 5.74) is 1.75. The number of thiazole rings is 1. The molecule has 2 aromatic heterocycles. The highest BCUT2D eigenvalue weighted by atomic mass is 32.1. The van der Waals surface area contributed by atoms with Crippen molar-refractivity contribution in [1.29, 1.82) is 0 Å². The monoisotopic (exact) mass is 344 g/mol. The second kappa shape index (κ2) is 8.24. The summed E-state index contributed by atoms with van der Waals surface area (Å²) in [5, 5.41) is 6.23. The molecule has 1 aliphatic rings. The lowest BCUT2D eigenvalue weighted by Gasteiger charge is -2.29. The Labute approximate surface area is 147 Å². The Morgan fingerprint density at radius 2 is 2.17 bits per heavy atom. The second-order valence-corrected chi connectivity index (χ2v) is 7.11. The Bertz CT molecular complexity index is 679. The van der Waals surface area contributed by atoms with Crippen molar-refractivity contribution in [2.75, 3.05) is 24.5 Å². The van der Waals surface area contributed by atoms with Gasteiger partial charge in [0.2, 0.25) is 0 Å². The van der Waals surface area contributed by atoms with Gasteiger partial charge in [0.05, 0.1) is 10.6 Å². The molecule has 1 amide bonds. The van der Waals surface area contributed by atoms with Gasteiger partial charge < -0.3 is 10.2 Å². The number of hydrogen-bond acceptors (Lipinski definition) is 5. The van der Waals surface area contributed by atoms with E-state index in [-0.39, 0.29) is 5.91 Å². The Hall–Kier alpha value is -1.95. The van der Waals surface area contributed by atoms with Gasteiger partial charge in [0.15, 0.2) is 0 Å². The molecule has 0 aromatic carbocycles. The molecule has 3 heterocycles. The van der Waals surface area contributed by atoms with Crippen LogP contribution in [0.5, 0.6) is 0 Å². The quantitative estimate of drug-likeness (QED) is 0.818. The van der Waals surface area contributed by atoms with Crippen LogP contribution in [0.3, 0.4) is 0 Å². The van der Waals surface area contributed by atoms with Gasteiger partial charge in [-0.15, -0.1) is 11.3 Å². The lowest BCUT2D eigenvalue weighted by molar-refractivity contribution is 0.0953. The number of nitrogens with one attached hydrogen (secondary N) is 1. The minimum absolute atomic E-state index is 0.0287. The second-order valence-electron chi connectivity index (χ2n) is 6.16. The number of piperidine rings is 1. The number of nitrogens with zero attached hydrogens (tertiary/aromatic N) is 3. The average Bonchev–Trinajstić information content (AvgIpc) is 3.04. The molecule has 5 nitrogen and oxygen atoms in total. The van der Waals surface area contributed by atoms with E-state index in [0.717, 1.165) is 42.5 Å². The van der Waals surface area contributed by atoms with Crippen molar-refractivity contribution < 1.29 is 4.79 Å². The third-order valence-corrected chi connectivity index (χ3v) is 5.23.